The van der Waals surface area contributed by atoms with Crippen LogP contribution in [0.15, 0.2) is 27.3 Å². The molecule has 27 heavy (non-hydrogen) atoms. The molecule has 0 fully saturated rings. The summed E-state index contributed by atoms with van der Waals surface area (Å²) < 4.78 is 40.7. The van der Waals surface area contributed by atoms with Gasteiger partial charge in [-0.2, -0.15) is 23.3 Å². The summed E-state index contributed by atoms with van der Waals surface area (Å²) in [5.74, 6) is -0.408. The van der Waals surface area contributed by atoms with Gasteiger partial charge in [-0.1, -0.05) is 23.4 Å². The number of aryl methyl sites for hydroxylation is 2. The van der Waals surface area contributed by atoms with Crippen LogP contribution in [0.3, 0.4) is 0 Å². The number of fused-ring (bicyclic) bond motifs is 3. The number of thioether (sulfide) groups is 1. The normalized spacial score (nSPS) is 18.9. The van der Waals surface area contributed by atoms with E-state index in [1.54, 1.807) is 11.6 Å². The lowest BCUT2D eigenvalue weighted by Gasteiger charge is -2.15. The Morgan fingerprint density at radius 1 is 1.33 bits per heavy atom. The summed E-state index contributed by atoms with van der Waals surface area (Å²) in [5.41, 5.74) is 0.548. The van der Waals surface area contributed by atoms with E-state index in [-0.39, 0.29) is 10.9 Å². The SMILES string of the molecule is CCn1ncc(Cl)c1C1=NC(=O)C2Sc3nc(C(F)(F)F)cc(C)c3C2=N1. The van der Waals surface area contributed by atoms with E-state index >= 15 is 0 Å². The van der Waals surface area contributed by atoms with E-state index in [9.17, 15) is 18.0 Å². The second-order valence-electron chi connectivity index (χ2n) is 5.93. The molecule has 2 aliphatic heterocycles. The summed E-state index contributed by atoms with van der Waals surface area (Å²) >= 11 is 7.09. The standard InChI is InChI=1S/C16H11ClF3N5OS/c1-3-25-11(7(17)5-21-25)13-23-10-9-6(2)4-8(16(18,19)20)22-15(9)27-12(10)14(26)24-13/h4-5,12H,3H2,1-2H3. The lowest BCUT2D eigenvalue weighted by atomic mass is 10.0. The Morgan fingerprint density at radius 2 is 2.07 bits per heavy atom. The number of carbonyl (C=O) groups is 1. The van der Waals surface area contributed by atoms with E-state index in [1.807, 2.05) is 6.92 Å². The molecule has 1 atom stereocenters. The van der Waals surface area contributed by atoms with E-state index in [0.717, 1.165) is 17.8 Å². The highest BCUT2D eigenvalue weighted by Crippen LogP contribution is 2.42. The van der Waals surface area contributed by atoms with E-state index in [2.05, 4.69) is 20.1 Å². The molecule has 0 aliphatic carbocycles. The molecule has 2 aliphatic rings. The Bertz CT molecular complexity index is 1040. The molecule has 2 aromatic heterocycles. The largest absolute Gasteiger partial charge is 0.433 e. The van der Waals surface area contributed by atoms with E-state index < -0.39 is 23.0 Å². The number of hydrogen-bond acceptors (Lipinski definition) is 5. The number of carbonyl (C=O) groups excluding carboxylic acids is 1. The predicted molar refractivity (Wildman–Crippen MR) is 94.6 cm³/mol. The number of pyridine rings is 1. The molecule has 4 heterocycles. The first-order valence-electron chi connectivity index (χ1n) is 7.89. The number of aromatic nitrogens is 3. The maximum Gasteiger partial charge on any atom is 0.433 e. The average Bonchev–Trinajstić information content (AvgIpc) is 3.14. The second-order valence-corrected chi connectivity index (χ2v) is 7.43. The quantitative estimate of drug-likeness (QED) is 0.755. The van der Waals surface area contributed by atoms with Gasteiger partial charge in [0.05, 0.1) is 16.9 Å². The first kappa shape index (κ1) is 18.2. The van der Waals surface area contributed by atoms with Crippen molar-refractivity contribution in [3.8, 4) is 0 Å². The van der Waals surface area contributed by atoms with Gasteiger partial charge < -0.3 is 0 Å². The highest BCUT2D eigenvalue weighted by Gasteiger charge is 2.43. The van der Waals surface area contributed by atoms with E-state index in [4.69, 9.17) is 11.6 Å². The number of hydrogen-bond donors (Lipinski definition) is 0. The number of alkyl halides is 3. The molecule has 2 aromatic rings. The van der Waals surface area contributed by atoms with E-state index in [1.165, 1.54) is 6.20 Å². The highest BCUT2D eigenvalue weighted by molar-refractivity contribution is 8.02. The molecule has 0 bridgehead atoms. The monoisotopic (exact) mass is 413 g/mol. The molecule has 4 rings (SSSR count). The maximum atomic E-state index is 13.0. The topological polar surface area (TPSA) is 72.5 Å². The average molecular weight is 414 g/mol. The second kappa shape index (κ2) is 6.16. The van der Waals surface area contributed by atoms with Crippen molar-refractivity contribution >= 4 is 40.8 Å². The van der Waals surface area contributed by atoms with Crippen molar-refractivity contribution in [2.24, 2.45) is 9.98 Å². The van der Waals surface area contributed by atoms with Gasteiger partial charge in [0, 0.05) is 12.1 Å². The van der Waals surface area contributed by atoms with Crippen molar-refractivity contribution in [2.75, 3.05) is 0 Å². The van der Waals surface area contributed by atoms with Crippen molar-refractivity contribution in [1.29, 1.82) is 0 Å². The highest BCUT2D eigenvalue weighted by atomic mass is 35.5. The fraction of sp³-hybridized carbons (Fsp3) is 0.312. The van der Waals surface area contributed by atoms with Gasteiger partial charge in [-0.05, 0) is 25.5 Å². The minimum atomic E-state index is -4.57. The summed E-state index contributed by atoms with van der Waals surface area (Å²) in [4.78, 5) is 24.7. The number of aliphatic imine (C=N–C) groups is 2. The van der Waals surface area contributed by atoms with Gasteiger partial charge in [0.1, 0.15) is 21.7 Å². The molecular weight excluding hydrogens is 403 g/mol. The van der Waals surface area contributed by atoms with Gasteiger partial charge in [-0.3, -0.25) is 9.48 Å². The molecule has 0 radical (unpaired) electrons. The summed E-state index contributed by atoms with van der Waals surface area (Å²) in [6.07, 6.45) is -3.14. The van der Waals surface area contributed by atoms with Gasteiger partial charge in [-0.15, -0.1) is 0 Å². The third kappa shape index (κ3) is 2.87. The van der Waals surface area contributed by atoms with Gasteiger partial charge in [-0.25, -0.2) is 9.98 Å². The van der Waals surface area contributed by atoms with Crippen LogP contribution in [0.25, 0.3) is 0 Å². The molecule has 0 N–H and O–H groups in total. The van der Waals surface area contributed by atoms with E-state index in [0.29, 0.717) is 34.1 Å². The Morgan fingerprint density at radius 3 is 2.74 bits per heavy atom. The fourth-order valence-corrected chi connectivity index (χ4v) is 4.42. The lowest BCUT2D eigenvalue weighted by Crippen LogP contribution is -2.30. The van der Waals surface area contributed by atoms with Crippen LogP contribution in [0.2, 0.25) is 5.02 Å². The minimum Gasteiger partial charge on any atom is -0.271 e. The molecular formula is C16H11ClF3N5OS. The third-order valence-electron chi connectivity index (χ3n) is 4.18. The van der Waals surface area contributed by atoms with Crippen LogP contribution >= 0.6 is 23.4 Å². The lowest BCUT2D eigenvalue weighted by molar-refractivity contribution is -0.141. The van der Waals surface area contributed by atoms with Crippen LogP contribution in [0.1, 0.15) is 29.4 Å². The van der Waals surface area contributed by atoms with Crippen molar-refractivity contribution in [3.05, 3.63) is 39.8 Å². The summed E-state index contributed by atoms with van der Waals surface area (Å²) in [6, 6.07) is 0.962. The van der Waals surface area contributed by atoms with Crippen LogP contribution in [0.4, 0.5) is 13.2 Å². The van der Waals surface area contributed by atoms with Gasteiger partial charge >= 0.3 is 6.18 Å². The number of rotatable bonds is 2. The zero-order valence-corrected chi connectivity index (χ0v) is 15.6. The molecule has 6 nitrogen and oxygen atoms in total. The zero-order chi connectivity index (χ0) is 19.5. The number of amidine groups is 1. The smallest absolute Gasteiger partial charge is 0.271 e. The van der Waals surface area contributed by atoms with Crippen LogP contribution < -0.4 is 0 Å². The van der Waals surface area contributed by atoms with Crippen LogP contribution in [0, 0.1) is 6.92 Å². The van der Waals surface area contributed by atoms with Gasteiger partial charge in [0.25, 0.3) is 5.91 Å². The Kier molecular flexibility index (Phi) is 4.15. The summed E-state index contributed by atoms with van der Waals surface area (Å²) in [5, 5.41) is 3.71. The van der Waals surface area contributed by atoms with Crippen molar-refractivity contribution in [1.82, 2.24) is 14.8 Å². The Hall–Kier alpha value is -2.20. The molecule has 140 valence electrons. The maximum absolute atomic E-state index is 13.0. The van der Waals surface area contributed by atoms with Crippen LogP contribution in [-0.2, 0) is 17.5 Å². The van der Waals surface area contributed by atoms with Crippen molar-refractivity contribution < 1.29 is 18.0 Å². The Labute approximate surface area is 160 Å². The van der Waals surface area contributed by atoms with Crippen LogP contribution in [-0.4, -0.2) is 37.5 Å². The predicted octanol–water partition coefficient (Wildman–Crippen LogP) is 3.53. The molecule has 0 saturated heterocycles. The fourth-order valence-electron chi connectivity index (χ4n) is 3.00. The first-order chi connectivity index (χ1) is 12.7. The minimum absolute atomic E-state index is 0.100. The molecule has 0 aromatic carbocycles. The Balaban J connectivity index is 1.86. The molecule has 0 spiro atoms. The number of nitrogens with zero attached hydrogens (tertiary/aromatic N) is 5. The summed E-state index contributed by atoms with van der Waals surface area (Å²) in [7, 11) is 0. The van der Waals surface area contributed by atoms with Crippen molar-refractivity contribution in [3.63, 3.8) is 0 Å². The van der Waals surface area contributed by atoms with Crippen molar-refractivity contribution in [2.45, 2.75) is 36.8 Å². The third-order valence-corrected chi connectivity index (χ3v) is 5.64. The van der Waals surface area contributed by atoms with Crippen LogP contribution in [0.5, 0.6) is 0 Å². The molecule has 1 amide bonds. The molecule has 11 heteroatoms. The van der Waals surface area contributed by atoms with Gasteiger partial charge in [0.15, 0.2) is 5.84 Å². The molecule has 1 unspecified atom stereocenters. The summed E-state index contributed by atoms with van der Waals surface area (Å²) in [6.45, 7) is 3.88. The molecule has 0 saturated carbocycles. The van der Waals surface area contributed by atoms with Gasteiger partial charge in [0.2, 0.25) is 0 Å². The first-order valence-corrected chi connectivity index (χ1v) is 9.15. The number of amides is 1. The zero-order valence-electron chi connectivity index (χ0n) is 14.0. The number of halogens is 4.